The average Bonchev–Trinajstić information content (AvgIpc) is 2.72. The molecule has 0 radical (unpaired) electrons. The van der Waals surface area contributed by atoms with Crippen LogP contribution in [0.1, 0.15) is 102 Å². The van der Waals surface area contributed by atoms with E-state index in [2.05, 4.69) is 12.1 Å². The average molecular weight is 407 g/mol. The summed E-state index contributed by atoms with van der Waals surface area (Å²) in [5, 5.41) is 18.6. The van der Waals surface area contributed by atoms with Crippen molar-refractivity contribution in [1.82, 2.24) is 0 Å². The molecule has 0 aliphatic heterocycles. The van der Waals surface area contributed by atoms with Crippen molar-refractivity contribution in [3.05, 3.63) is 35.9 Å². The molecule has 0 amide bonds. The largest absolute Gasteiger partial charge is 0.481 e. The molecular formula is C25H42O4. The van der Waals surface area contributed by atoms with Crippen molar-refractivity contribution in [2.45, 2.75) is 109 Å². The smallest absolute Gasteiger partial charge is 0.303 e. The second-order valence-electron chi connectivity index (χ2n) is 8.16. The van der Waals surface area contributed by atoms with Crippen LogP contribution in [0.2, 0.25) is 0 Å². The minimum Gasteiger partial charge on any atom is -0.481 e. The molecule has 1 aromatic rings. The van der Waals surface area contributed by atoms with E-state index in [9.17, 15) is 9.90 Å². The number of carboxylic acids is 1. The molecule has 1 unspecified atom stereocenters. The highest BCUT2D eigenvalue weighted by Crippen LogP contribution is 2.14. The first-order valence-corrected chi connectivity index (χ1v) is 11.7. The summed E-state index contributed by atoms with van der Waals surface area (Å²) in [5.41, 5.74) is 1.24. The zero-order valence-corrected chi connectivity index (χ0v) is 18.2. The molecule has 0 bridgehead atoms. The fourth-order valence-corrected chi connectivity index (χ4v) is 3.56. The normalized spacial score (nSPS) is 12.2. The Morgan fingerprint density at radius 1 is 0.759 bits per heavy atom. The molecule has 166 valence electrons. The fourth-order valence-electron chi connectivity index (χ4n) is 3.56. The summed E-state index contributed by atoms with van der Waals surface area (Å²) >= 11 is 0. The highest BCUT2D eigenvalue weighted by Gasteiger charge is 2.04. The summed E-state index contributed by atoms with van der Waals surface area (Å²) < 4.78 is 5.71. The number of aliphatic carboxylic acids is 1. The molecule has 2 N–H and O–H groups in total. The summed E-state index contributed by atoms with van der Waals surface area (Å²) in [4.78, 5) is 10.4. The maximum absolute atomic E-state index is 10.4. The van der Waals surface area contributed by atoms with E-state index >= 15 is 0 Å². The number of rotatable bonds is 20. The minimum atomic E-state index is -0.710. The second-order valence-corrected chi connectivity index (χ2v) is 8.16. The van der Waals surface area contributed by atoms with Crippen molar-refractivity contribution in [2.24, 2.45) is 0 Å². The van der Waals surface area contributed by atoms with Crippen LogP contribution in [0.15, 0.2) is 30.3 Å². The molecule has 1 atom stereocenters. The number of hydrogen-bond donors (Lipinski definition) is 2. The fraction of sp³-hybridized carbons (Fsp3) is 0.720. The van der Waals surface area contributed by atoms with Gasteiger partial charge in [0.1, 0.15) is 0 Å². The number of hydrogen-bond acceptors (Lipinski definition) is 3. The first-order valence-electron chi connectivity index (χ1n) is 11.7. The summed E-state index contributed by atoms with van der Waals surface area (Å²) in [7, 11) is 0. The van der Waals surface area contributed by atoms with Gasteiger partial charge in [0, 0.05) is 13.0 Å². The molecule has 0 fully saturated rings. The monoisotopic (exact) mass is 406 g/mol. The molecule has 29 heavy (non-hydrogen) atoms. The Balaban J connectivity index is 1.75. The standard InChI is InChI=1S/C25H42O4/c26-24(19-13-6-7-14-20-25(27)28)18-12-5-3-1-2-4-8-15-21-29-22-23-16-10-9-11-17-23/h9-11,16-17,24,26H,1-8,12-15,18-22H2,(H,27,28). The van der Waals surface area contributed by atoms with Crippen LogP contribution in [-0.4, -0.2) is 28.9 Å². The van der Waals surface area contributed by atoms with Crippen LogP contribution in [0.3, 0.4) is 0 Å². The van der Waals surface area contributed by atoms with Gasteiger partial charge in [-0.1, -0.05) is 94.5 Å². The Bertz CT molecular complexity index is 489. The molecule has 0 spiro atoms. The van der Waals surface area contributed by atoms with Crippen LogP contribution in [0.5, 0.6) is 0 Å². The predicted molar refractivity (Wildman–Crippen MR) is 119 cm³/mol. The van der Waals surface area contributed by atoms with E-state index in [0.717, 1.165) is 64.6 Å². The molecule has 1 rings (SSSR count). The van der Waals surface area contributed by atoms with Gasteiger partial charge >= 0.3 is 5.97 Å². The Hall–Kier alpha value is -1.39. The predicted octanol–water partition coefficient (Wildman–Crippen LogP) is 6.50. The molecule has 4 nitrogen and oxygen atoms in total. The molecule has 4 heteroatoms. The van der Waals surface area contributed by atoms with Gasteiger partial charge in [-0.15, -0.1) is 0 Å². The van der Waals surface area contributed by atoms with Gasteiger partial charge in [0.25, 0.3) is 0 Å². The SMILES string of the molecule is O=C(O)CCCCCCC(O)CCCCCCCCCCOCc1ccccc1. The number of ether oxygens (including phenoxy) is 1. The van der Waals surface area contributed by atoms with Gasteiger partial charge in [-0.2, -0.15) is 0 Å². The van der Waals surface area contributed by atoms with Crippen LogP contribution in [0, 0.1) is 0 Å². The number of aliphatic hydroxyl groups excluding tert-OH is 1. The molecule has 0 saturated carbocycles. The quantitative estimate of drug-likeness (QED) is 0.243. The van der Waals surface area contributed by atoms with Gasteiger partial charge in [0.15, 0.2) is 0 Å². The van der Waals surface area contributed by atoms with Gasteiger partial charge in [-0.25, -0.2) is 0 Å². The molecule has 0 aliphatic rings. The first kappa shape index (κ1) is 25.6. The Labute approximate surface area is 177 Å². The summed E-state index contributed by atoms with van der Waals surface area (Å²) in [6.07, 6.45) is 15.5. The number of carbonyl (C=O) groups is 1. The van der Waals surface area contributed by atoms with Gasteiger partial charge in [0.05, 0.1) is 12.7 Å². The third-order valence-corrected chi connectivity index (χ3v) is 5.37. The molecule has 0 saturated heterocycles. The highest BCUT2D eigenvalue weighted by atomic mass is 16.5. The maximum Gasteiger partial charge on any atom is 0.303 e. The van der Waals surface area contributed by atoms with E-state index in [4.69, 9.17) is 9.84 Å². The van der Waals surface area contributed by atoms with E-state index < -0.39 is 5.97 Å². The number of carboxylic acid groups (broad SMARTS) is 1. The number of unbranched alkanes of at least 4 members (excludes halogenated alkanes) is 10. The van der Waals surface area contributed by atoms with E-state index in [0.29, 0.717) is 0 Å². The minimum absolute atomic E-state index is 0.176. The summed E-state index contributed by atoms with van der Waals surface area (Å²) in [5.74, 6) is -0.710. The lowest BCUT2D eigenvalue weighted by molar-refractivity contribution is -0.137. The Morgan fingerprint density at radius 3 is 1.86 bits per heavy atom. The summed E-state index contributed by atoms with van der Waals surface area (Å²) in [6, 6.07) is 10.3. The van der Waals surface area contributed by atoms with Crippen LogP contribution in [-0.2, 0) is 16.1 Å². The molecule has 0 aliphatic carbocycles. The van der Waals surface area contributed by atoms with Crippen LogP contribution in [0.4, 0.5) is 0 Å². The third kappa shape index (κ3) is 17.2. The van der Waals surface area contributed by atoms with Crippen molar-refractivity contribution in [1.29, 1.82) is 0 Å². The zero-order valence-electron chi connectivity index (χ0n) is 18.2. The van der Waals surface area contributed by atoms with Crippen molar-refractivity contribution in [3.8, 4) is 0 Å². The lowest BCUT2D eigenvalue weighted by Gasteiger charge is -2.10. The van der Waals surface area contributed by atoms with Gasteiger partial charge < -0.3 is 14.9 Å². The molecule has 0 aromatic heterocycles. The first-order chi connectivity index (χ1) is 14.2. The van der Waals surface area contributed by atoms with E-state index in [-0.39, 0.29) is 12.5 Å². The lowest BCUT2D eigenvalue weighted by atomic mass is 10.0. The third-order valence-electron chi connectivity index (χ3n) is 5.37. The lowest BCUT2D eigenvalue weighted by Crippen LogP contribution is -2.06. The van der Waals surface area contributed by atoms with Gasteiger partial charge in [-0.05, 0) is 31.2 Å². The van der Waals surface area contributed by atoms with E-state index in [1.807, 2.05) is 18.2 Å². The van der Waals surface area contributed by atoms with Crippen molar-refractivity contribution in [2.75, 3.05) is 6.61 Å². The highest BCUT2D eigenvalue weighted by molar-refractivity contribution is 5.66. The van der Waals surface area contributed by atoms with Crippen molar-refractivity contribution < 1.29 is 19.7 Å². The zero-order chi connectivity index (χ0) is 21.0. The number of benzene rings is 1. The molecular weight excluding hydrogens is 364 g/mol. The van der Waals surface area contributed by atoms with Crippen LogP contribution in [0.25, 0.3) is 0 Å². The van der Waals surface area contributed by atoms with Crippen LogP contribution < -0.4 is 0 Å². The summed E-state index contributed by atoms with van der Waals surface area (Å²) in [6.45, 7) is 1.57. The van der Waals surface area contributed by atoms with Gasteiger partial charge in [0.2, 0.25) is 0 Å². The number of aliphatic hydroxyl groups is 1. The molecule has 0 heterocycles. The Morgan fingerprint density at radius 2 is 1.28 bits per heavy atom. The Kier molecular flexibility index (Phi) is 16.5. The molecule has 1 aromatic carbocycles. The van der Waals surface area contributed by atoms with Crippen molar-refractivity contribution >= 4 is 5.97 Å². The van der Waals surface area contributed by atoms with E-state index in [1.165, 1.54) is 44.1 Å². The van der Waals surface area contributed by atoms with Gasteiger partial charge in [-0.3, -0.25) is 4.79 Å². The topological polar surface area (TPSA) is 66.8 Å². The van der Waals surface area contributed by atoms with Crippen molar-refractivity contribution in [3.63, 3.8) is 0 Å². The maximum atomic E-state index is 10.4. The van der Waals surface area contributed by atoms with Crippen LogP contribution >= 0.6 is 0 Å². The van der Waals surface area contributed by atoms with E-state index in [1.54, 1.807) is 0 Å². The second kappa shape index (κ2) is 18.6.